The van der Waals surface area contributed by atoms with Crippen LogP contribution in [0.2, 0.25) is 0 Å². The zero-order valence-electron chi connectivity index (χ0n) is 17.0. The highest BCUT2D eigenvalue weighted by Crippen LogP contribution is 2.30. The second-order valence-electron chi connectivity index (χ2n) is 8.52. The van der Waals surface area contributed by atoms with Gasteiger partial charge in [0.05, 0.1) is 4.47 Å². The summed E-state index contributed by atoms with van der Waals surface area (Å²) in [7, 11) is 0. The SMILES string of the molecule is C[C@H](Cc1ccc(O)c(Br)c1)C(=O)N1CCN(C2CCC(CC(=O)O)CC2)CC1. The zero-order valence-corrected chi connectivity index (χ0v) is 18.6. The normalized spacial score (nSPS) is 24.3. The number of carbonyl (C=O) groups is 2. The van der Waals surface area contributed by atoms with Crippen LogP contribution in [0.25, 0.3) is 0 Å². The Morgan fingerprint density at radius 2 is 1.79 bits per heavy atom. The van der Waals surface area contributed by atoms with Crippen molar-refractivity contribution in [1.82, 2.24) is 9.80 Å². The van der Waals surface area contributed by atoms with E-state index in [0.29, 0.717) is 29.3 Å². The number of rotatable bonds is 6. The van der Waals surface area contributed by atoms with Crippen molar-refractivity contribution in [2.45, 2.75) is 51.5 Å². The van der Waals surface area contributed by atoms with Gasteiger partial charge in [-0.3, -0.25) is 14.5 Å². The molecule has 1 atom stereocenters. The average molecular weight is 467 g/mol. The minimum absolute atomic E-state index is 0.0931. The quantitative estimate of drug-likeness (QED) is 0.670. The number of aromatic hydroxyl groups is 1. The summed E-state index contributed by atoms with van der Waals surface area (Å²) in [6, 6.07) is 5.92. The van der Waals surface area contributed by atoms with Gasteiger partial charge in [-0.15, -0.1) is 0 Å². The van der Waals surface area contributed by atoms with Gasteiger partial charge in [0.25, 0.3) is 0 Å². The Kier molecular flexibility index (Phi) is 7.57. The van der Waals surface area contributed by atoms with Crippen molar-refractivity contribution in [2.24, 2.45) is 11.8 Å². The highest BCUT2D eigenvalue weighted by molar-refractivity contribution is 9.10. The van der Waals surface area contributed by atoms with Crippen molar-refractivity contribution < 1.29 is 19.8 Å². The van der Waals surface area contributed by atoms with Crippen LogP contribution < -0.4 is 0 Å². The smallest absolute Gasteiger partial charge is 0.303 e. The average Bonchev–Trinajstić information content (AvgIpc) is 2.70. The fourth-order valence-electron chi connectivity index (χ4n) is 4.70. The lowest BCUT2D eigenvalue weighted by Gasteiger charge is -2.42. The first-order chi connectivity index (χ1) is 13.8. The molecule has 1 aliphatic carbocycles. The Morgan fingerprint density at radius 3 is 2.38 bits per heavy atom. The third-order valence-electron chi connectivity index (χ3n) is 6.40. The van der Waals surface area contributed by atoms with Crippen LogP contribution in [0.15, 0.2) is 22.7 Å². The molecule has 0 bridgehead atoms. The van der Waals surface area contributed by atoms with E-state index in [4.69, 9.17) is 5.11 Å². The summed E-state index contributed by atoms with van der Waals surface area (Å²) < 4.78 is 0.654. The Hall–Kier alpha value is -1.60. The van der Waals surface area contributed by atoms with Gasteiger partial charge in [-0.1, -0.05) is 13.0 Å². The lowest BCUT2D eigenvalue weighted by molar-refractivity contribution is -0.138. The van der Waals surface area contributed by atoms with Gasteiger partial charge < -0.3 is 15.1 Å². The molecule has 2 fully saturated rings. The van der Waals surface area contributed by atoms with Crippen molar-refractivity contribution in [3.63, 3.8) is 0 Å². The third-order valence-corrected chi connectivity index (χ3v) is 7.03. The molecule has 0 aromatic heterocycles. The van der Waals surface area contributed by atoms with E-state index in [2.05, 4.69) is 20.8 Å². The van der Waals surface area contributed by atoms with Gasteiger partial charge in [-0.25, -0.2) is 0 Å². The molecule has 1 amide bonds. The molecule has 3 rings (SSSR count). The molecule has 2 N–H and O–H groups in total. The monoisotopic (exact) mass is 466 g/mol. The highest BCUT2D eigenvalue weighted by Gasteiger charge is 2.31. The molecule has 160 valence electrons. The predicted molar refractivity (Wildman–Crippen MR) is 115 cm³/mol. The van der Waals surface area contributed by atoms with Crippen LogP contribution in [-0.4, -0.2) is 64.1 Å². The summed E-state index contributed by atoms with van der Waals surface area (Å²) in [5.74, 6) is -0.0499. The molecule has 7 heteroatoms. The Labute approximate surface area is 181 Å². The molecule has 1 saturated heterocycles. The number of hydrogen-bond acceptors (Lipinski definition) is 4. The van der Waals surface area contributed by atoms with Crippen LogP contribution in [-0.2, 0) is 16.0 Å². The maximum Gasteiger partial charge on any atom is 0.303 e. The molecule has 1 saturated carbocycles. The number of phenols is 1. The topological polar surface area (TPSA) is 81.1 Å². The van der Waals surface area contributed by atoms with Crippen molar-refractivity contribution in [3.8, 4) is 5.75 Å². The van der Waals surface area contributed by atoms with Crippen molar-refractivity contribution in [2.75, 3.05) is 26.2 Å². The summed E-state index contributed by atoms with van der Waals surface area (Å²) in [5.41, 5.74) is 1.03. The van der Waals surface area contributed by atoms with E-state index in [1.165, 1.54) is 0 Å². The molecule has 0 spiro atoms. The van der Waals surface area contributed by atoms with Gasteiger partial charge in [0.15, 0.2) is 0 Å². The summed E-state index contributed by atoms with van der Waals surface area (Å²) in [6.07, 6.45) is 5.08. The Bertz CT molecular complexity index is 726. The Balaban J connectivity index is 1.44. The first-order valence-corrected chi connectivity index (χ1v) is 11.3. The van der Waals surface area contributed by atoms with Crippen LogP contribution in [0.5, 0.6) is 5.75 Å². The van der Waals surface area contributed by atoms with Gasteiger partial charge in [-0.2, -0.15) is 0 Å². The number of amides is 1. The van der Waals surface area contributed by atoms with Crippen molar-refractivity contribution in [1.29, 1.82) is 0 Å². The van der Waals surface area contributed by atoms with Gasteiger partial charge in [-0.05, 0) is 71.6 Å². The van der Waals surface area contributed by atoms with Crippen LogP contribution in [0, 0.1) is 11.8 Å². The van der Waals surface area contributed by atoms with E-state index in [9.17, 15) is 14.7 Å². The number of carboxylic acid groups (broad SMARTS) is 1. The van der Waals surface area contributed by atoms with Crippen LogP contribution in [0.3, 0.4) is 0 Å². The number of carbonyl (C=O) groups excluding carboxylic acids is 1. The van der Waals surface area contributed by atoms with Gasteiger partial charge in [0.1, 0.15) is 5.75 Å². The third kappa shape index (κ3) is 5.95. The van der Waals surface area contributed by atoms with Gasteiger partial charge in [0.2, 0.25) is 5.91 Å². The van der Waals surface area contributed by atoms with Crippen LogP contribution >= 0.6 is 15.9 Å². The molecule has 29 heavy (non-hydrogen) atoms. The number of carboxylic acids is 1. The van der Waals surface area contributed by atoms with Gasteiger partial charge in [0, 0.05) is 44.6 Å². The molecule has 0 radical (unpaired) electrons. The number of phenolic OH excluding ortho intramolecular Hbond substituents is 1. The molecule has 1 aliphatic heterocycles. The van der Waals surface area contributed by atoms with E-state index in [0.717, 1.165) is 57.4 Å². The minimum atomic E-state index is -0.686. The first-order valence-electron chi connectivity index (χ1n) is 10.6. The largest absolute Gasteiger partial charge is 0.507 e. The van der Waals surface area contributed by atoms with Crippen molar-refractivity contribution in [3.05, 3.63) is 28.2 Å². The van der Waals surface area contributed by atoms with Crippen LogP contribution in [0.1, 0.15) is 44.6 Å². The number of halogens is 1. The molecule has 1 aromatic carbocycles. The molecule has 0 unspecified atom stereocenters. The predicted octanol–water partition coefficient (Wildman–Crippen LogP) is 3.51. The van der Waals surface area contributed by atoms with E-state index < -0.39 is 5.97 Å². The highest BCUT2D eigenvalue weighted by atomic mass is 79.9. The molecular weight excluding hydrogens is 436 g/mol. The van der Waals surface area contributed by atoms with E-state index >= 15 is 0 Å². The van der Waals surface area contributed by atoms with E-state index in [1.54, 1.807) is 6.07 Å². The molecule has 1 aromatic rings. The minimum Gasteiger partial charge on any atom is -0.507 e. The van der Waals surface area contributed by atoms with Crippen LogP contribution in [0.4, 0.5) is 0 Å². The van der Waals surface area contributed by atoms with E-state index in [1.807, 2.05) is 24.0 Å². The number of aliphatic carboxylic acids is 1. The maximum absolute atomic E-state index is 12.9. The number of benzene rings is 1. The number of hydrogen-bond donors (Lipinski definition) is 2. The Morgan fingerprint density at radius 1 is 1.14 bits per heavy atom. The fraction of sp³-hybridized carbons (Fsp3) is 0.636. The number of nitrogens with zero attached hydrogens (tertiary/aromatic N) is 2. The first kappa shape index (κ1) is 22.1. The molecule has 2 aliphatic rings. The fourth-order valence-corrected chi connectivity index (χ4v) is 5.12. The van der Waals surface area contributed by atoms with E-state index in [-0.39, 0.29) is 17.6 Å². The lowest BCUT2D eigenvalue weighted by atomic mass is 9.83. The summed E-state index contributed by atoms with van der Waals surface area (Å²) >= 11 is 3.33. The summed E-state index contributed by atoms with van der Waals surface area (Å²) in [5, 5.41) is 18.6. The standard InChI is InChI=1S/C22H31BrN2O4/c1-15(12-17-4-7-20(26)19(23)13-17)22(29)25-10-8-24(9-11-25)18-5-2-16(3-6-18)14-21(27)28/h4,7,13,15-16,18,26H,2-3,5-6,8-12,14H2,1H3,(H,27,28)/t15-,16?,18?/m1/s1. The molecule has 6 nitrogen and oxygen atoms in total. The zero-order chi connectivity index (χ0) is 21.0. The number of piperazine rings is 1. The lowest BCUT2D eigenvalue weighted by Crippen LogP contribution is -2.53. The maximum atomic E-state index is 12.9. The summed E-state index contributed by atoms with van der Waals surface area (Å²) in [6.45, 7) is 5.29. The second kappa shape index (κ2) is 9.94. The molecular formula is C22H31BrN2O4. The second-order valence-corrected chi connectivity index (χ2v) is 9.38. The molecule has 1 heterocycles. The summed E-state index contributed by atoms with van der Waals surface area (Å²) in [4.78, 5) is 28.2. The van der Waals surface area contributed by atoms with Crippen molar-refractivity contribution >= 4 is 27.8 Å². The van der Waals surface area contributed by atoms with Gasteiger partial charge >= 0.3 is 5.97 Å².